The Balaban J connectivity index is 1.11. The van der Waals surface area contributed by atoms with Crippen LogP contribution >= 0.6 is 11.3 Å². The van der Waals surface area contributed by atoms with Crippen LogP contribution in [0, 0.1) is 0 Å². The summed E-state index contributed by atoms with van der Waals surface area (Å²) >= 11 is 1.73. The van der Waals surface area contributed by atoms with Crippen LogP contribution in [0.5, 0.6) is 0 Å². The summed E-state index contributed by atoms with van der Waals surface area (Å²) in [5.41, 5.74) is 9.45. The zero-order chi connectivity index (χ0) is 37.4. The van der Waals surface area contributed by atoms with Crippen molar-refractivity contribution in [3.8, 4) is 17.2 Å². The summed E-state index contributed by atoms with van der Waals surface area (Å²) in [6, 6.07) is 57.2. The molecule has 0 N–H and O–H groups in total. The number of benzene rings is 9. The average Bonchev–Trinajstić information content (AvgIpc) is 4.01. The van der Waals surface area contributed by atoms with E-state index in [0.29, 0.717) is 5.95 Å². The largest absolute Gasteiger partial charge is 0.456 e. The monoisotopic (exact) mass is 754 g/mol. The first kappa shape index (κ1) is 29.7. The van der Waals surface area contributed by atoms with Gasteiger partial charge in [0.25, 0.3) is 0 Å². The SMILES string of the molecule is c1ccc2c(c1)sc1nc(-n3c4ccc5oc6ccc7c8ccccc8n8c9cccc3c9c4c5c6c78)nc(-c3ccc4c5ccccc5c5ccccc5c4c3)c12. The highest BCUT2D eigenvalue weighted by atomic mass is 32.1. The third-order valence-corrected chi connectivity index (χ3v) is 13.9. The molecule has 0 amide bonds. The topological polar surface area (TPSA) is 48.3 Å². The van der Waals surface area contributed by atoms with Gasteiger partial charge in [-0.25, -0.2) is 9.97 Å². The minimum Gasteiger partial charge on any atom is -0.456 e. The van der Waals surface area contributed by atoms with Gasteiger partial charge in [-0.15, -0.1) is 11.3 Å². The molecule has 0 saturated carbocycles. The maximum Gasteiger partial charge on any atom is 0.236 e. The smallest absolute Gasteiger partial charge is 0.236 e. The van der Waals surface area contributed by atoms with Gasteiger partial charge >= 0.3 is 0 Å². The zero-order valence-electron chi connectivity index (χ0n) is 30.6. The van der Waals surface area contributed by atoms with Crippen molar-refractivity contribution in [1.82, 2.24) is 18.9 Å². The fourth-order valence-corrected chi connectivity index (χ4v) is 11.6. The number of para-hydroxylation sites is 1. The molecule has 0 spiro atoms. The molecule has 6 aromatic heterocycles. The molecule has 0 aliphatic heterocycles. The molecule has 58 heavy (non-hydrogen) atoms. The van der Waals surface area contributed by atoms with Crippen molar-refractivity contribution in [2.24, 2.45) is 0 Å². The number of nitrogens with zero attached hydrogens (tertiary/aromatic N) is 4. The van der Waals surface area contributed by atoms with E-state index < -0.39 is 0 Å². The van der Waals surface area contributed by atoms with Gasteiger partial charge in [0.1, 0.15) is 16.0 Å². The number of rotatable bonds is 2. The average molecular weight is 755 g/mol. The first-order chi connectivity index (χ1) is 28.8. The third-order valence-electron chi connectivity index (χ3n) is 12.9. The Morgan fingerprint density at radius 2 is 1.03 bits per heavy atom. The van der Waals surface area contributed by atoms with Crippen molar-refractivity contribution in [1.29, 1.82) is 0 Å². The Morgan fingerprint density at radius 1 is 0.414 bits per heavy atom. The molecule has 6 heterocycles. The van der Waals surface area contributed by atoms with Crippen LogP contribution in [-0.2, 0) is 0 Å². The Labute approximate surface area is 331 Å². The van der Waals surface area contributed by atoms with Gasteiger partial charge in [-0.05, 0) is 86.9 Å². The Hall–Kier alpha value is -7.54. The molecule has 0 fully saturated rings. The first-order valence-corrected chi connectivity index (χ1v) is 20.5. The van der Waals surface area contributed by atoms with E-state index in [2.05, 4.69) is 167 Å². The fraction of sp³-hybridized carbons (Fsp3) is 0. The van der Waals surface area contributed by atoms with Crippen molar-refractivity contribution in [3.05, 3.63) is 158 Å². The van der Waals surface area contributed by atoms with E-state index >= 15 is 0 Å². The van der Waals surface area contributed by atoms with Crippen LogP contribution in [0.25, 0.3) is 141 Å². The minimum absolute atomic E-state index is 0.658. The molecular weight excluding hydrogens is 729 g/mol. The molecule has 15 rings (SSSR count). The molecule has 5 nitrogen and oxygen atoms in total. The van der Waals surface area contributed by atoms with E-state index in [1.165, 1.54) is 75.0 Å². The van der Waals surface area contributed by atoms with Gasteiger partial charge in [0.2, 0.25) is 5.95 Å². The van der Waals surface area contributed by atoms with Gasteiger partial charge < -0.3 is 8.82 Å². The molecule has 0 radical (unpaired) electrons. The normalized spacial score (nSPS) is 12.8. The number of hydrogen-bond acceptors (Lipinski definition) is 4. The summed E-state index contributed by atoms with van der Waals surface area (Å²) in [5.74, 6) is 0.658. The Morgan fingerprint density at radius 3 is 1.86 bits per heavy atom. The van der Waals surface area contributed by atoms with Crippen LogP contribution in [0.1, 0.15) is 0 Å². The van der Waals surface area contributed by atoms with Gasteiger partial charge in [0.05, 0.1) is 38.7 Å². The Bertz CT molecular complexity index is 4240. The maximum atomic E-state index is 6.66. The third kappa shape index (κ3) is 3.47. The Kier molecular flexibility index (Phi) is 5.25. The number of fused-ring (bicyclic) bond motifs is 13. The first-order valence-electron chi connectivity index (χ1n) is 19.7. The molecule has 9 aromatic carbocycles. The van der Waals surface area contributed by atoms with Crippen LogP contribution < -0.4 is 0 Å². The van der Waals surface area contributed by atoms with Gasteiger partial charge in [0.15, 0.2) is 0 Å². The summed E-state index contributed by atoms with van der Waals surface area (Å²) < 4.78 is 12.6. The summed E-state index contributed by atoms with van der Waals surface area (Å²) in [7, 11) is 0. The van der Waals surface area contributed by atoms with Crippen LogP contribution in [0.15, 0.2) is 162 Å². The van der Waals surface area contributed by atoms with E-state index in [-0.39, 0.29) is 0 Å². The second kappa shape index (κ2) is 10.2. The molecule has 0 atom stereocenters. The summed E-state index contributed by atoms with van der Waals surface area (Å²) in [5, 5.41) is 16.9. The number of hydrogen-bond donors (Lipinski definition) is 0. The zero-order valence-corrected chi connectivity index (χ0v) is 31.4. The molecule has 266 valence electrons. The van der Waals surface area contributed by atoms with Crippen molar-refractivity contribution in [2.75, 3.05) is 0 Å². The predicted octanol–water partition coefficient (Wildman–Crippen LogP) is 14.4. The highest BCUT2D eigenvalue weighted by molar-refractivity contribution is 7.25. The van der Waals surface area contributed by atoms with E-state index in [1.54, 1.807) is 11.3 Å². The second-order valence-corrected chi connectivity index (χ2v) is 16.7. The predicted molar refractivity (Wildman–Crippen MR) is 243 cm³/mol. The van der Waals surface area contributed by atoms with Crippen LogP contribution in [0.2, 0.25) is 0 Å². The van der Waals surface area contributed by atoms with E-state index in [4.69, 9.17) is 14.4 Å². The van der Waals surface area contributed by atoms with Crippen LogP contribution in [0.3, 0.4) is 0 Å². The van der Waals surface area contributed by atoms with Crippen LogP contribution in [-0.4, -0.2) is 18.9 Å². The number of thiophene rings is 1. The molecule has 0 bridgehead atoms. The quantitative estimate of drug-likeness (QED) is 0.165. The molecule has 0 aliphatic rings. The van der Waals surface area contributed by atoms with Gasteiger partial charge in [0, 0.05) is 48.0 Å². The molecule has 0 aliphatic carbocycles. The molecule has 0 saturated heterocycles. The molecular formula is C52H26N4OS. The van der Waals surface area contributed by atoms with E-state index in [9.17, 15) is 0 Å². The molecule has 15 aromatic rings. The van der Waals surface area contributed by atoms with E-state index in [0.717, 1.165) is 60.0 Å². The lowest BCUT2D eigenvalue weighted by atomic mass is 9.92. The molecule has 0 unspecified atom stereocenters. The lowest BCUT2D eigenvalue weighted by Gasteiger charge is -2.13. The minimum atomic E-state index is 0.658. The van der Waals surface area contributed by atoms with Gasteiger partial charge in [-0.1, -0.05) is 103 Å². The maximum absolute atomic E-state index is 6.66. The highest BCUT2D eigenvalue weighted by Gasteiger charge is 2.27. The fourth-order valence-electron chi connectivity index (χ4n) is 10.6. The highest BCUT2D eigenvalue weighted by Crippen LogP contribution is 2.49. The van der Waals surface area contributed by atoms with Crippen LogP contribution in [0.4, 0.5) is 0 Å². The summed E-state index contributed by atoms with van der Waals surface area (Å²) in [6.07, 6.45) is 0. The van der Waals surface area contributed by atoms with E-state index in [1.807, 2.05) is 0 Å². The lowest BCUT2D eigenvalue weighted by molar-refractivity contribution is 0.669. The number of furan rings is 1. The van der Waals surface area contributed by atoms with Gasteiger partial charge in [-0.2, -0.15) is 0 Å². The van der Waals surface area contributed by atoms with Crippen molar-refractivity contribution in [3.63, 3.8) is 0 Å². The number of aromatic nitrogens is 4. The molecule has 6 heteroatoms. The standard InChI is InChI=1S/C52H26N4OS/c1-2-12-30-28(10-1)29-11-3-4-13-31(29)36-26-27(20-21-32(30)36)49-44-35-15-6-8-19-43(35)58-51(44)54-52(53-49)56-39-18-9-17-38-45(39)46-40(56)23-25-41-47(46)48-42(57-41)24-22-34-33-14-5-7-16-37(33)55(38)50(34)48/h1-26H. The summed E-state index contributed by atoms with van der Waals surface area (Å²) in [4.78, 5) is 12.1. The second-order valence-electron chi connectivity index (χ2n) is 15.6. The van der Waals surface area contributed by atoms with Crippen molar-refractivity contribution >= 4 is 135 Å². The van der Waals surface area contributed by atoms with Gasteiger partial charge in [-0.3, -0.25) is 4.57 Å². The lowest BCUT2D eigenvalue weighted by Crippen LogP contribution is -2.03. The van der Waals surface area contributed by atoms with Crippen molar-refractivity contribution in [2.45, 2.75) is 0 Å². The van der Waals surface area contributed by atoms with Crippen molar-refractivity contribution < 1.29 is 4.42 Å². The summed E-state index contributed by atoms with van der Waals surface area (Å²) in [6.45, 7) is 0.